The number of thiazole rings is 1. The van der Waals surface area contributed by atoms with Gasteiger partial charge in [-0.1, -0.05) is 26.7 Å². The summed E-state index contributed by atoms with van der Waals surface area (Å²) in [6.45, 7) is 6.46. The van der Waals surface area contributed by atoms with Crippen LogP contribution in [0.1, 0.15) is 64.6 Å². The monoisotopic (exact) mass is 309 g/mol. The fraction of sp³-hybridized carbons (Fsp3) is 0.750. The number of amides is 1. The zero-order valence-electron chi connectivity index (χ0n) is 13.5. The van der Waals surface area contributed by atoms with E-state index in [1.54, 1.807) is 0 Å². The maximum atomic E-state index is 12.8. The topological polar surface area (TPSA) is 54.0 Å². The average Bonchev–Trinajstić information content (AvgIpc) is 3.07. The number of hydrogen-bond acceptors (Lipinski definition) is 4. The lowest BCUT2D eigenvalue weighted by Crippen LogP contribution is -2.35. The van der Waals surface area contributed by atoms with Crippen LogP contribution in [0.5, 0.6) is 0 Å². The minimum Gasteiger partial charge on any atom is -0.312 e. The van der Waals surface area contributed by atoms with Gasteiger partial charge in [-0.2, -0.15) is 0 Å². The van der Waals surface area contributed by atoms with Gasteiger partial charge in [-0.05, 0) is 39.2 Å². The zero-order valence-corrected chi connectivity index (χ0v) is 14.3. The number of nitrogens with one attached hydrogen (secondary N) is 2. The molecule has 0 radical (unpaired) electrons. The molecule has 5 heteroatoms. The average molecular weight is 309 g/mol. The number of rotatable bonds is 6. The maximum Gasteiger partial charge on any atom is 0.232 e. The van der Waals surface area contributed by atoms with Crippen LogP contribution < -0.4 is 10.6 Å². The highest BCUT2D eigenvalue weighted by molar-refractivity contribution is 7.13. The molecule has 1 heterocycles. The van der Waals surface area contributed by atoms with Gasteiger partial charge in [0.15, 0.2) is 5.13 Å². The fourth-order valence-corrected chi connectivity index (χ4v) is 4.08. The Hall–Kier alpha value is -0.940. The van der Waals surface area contributed by atoms with E-state index < -0.39 is 0 Å². The minimum absolute atomic E-state index is 0.172. The molecule has 0 spiro atoms. The number of anilines is 1. The van der Waals surface area contributed by atoms with Crippen molar-refractivity contribution in [2.75, 3.05) is 12.4 Å². The van der Waals surface area contributed by atoms with Gasteiger partial charge in [0, 0.05) is 16.8 Å². The van der Waals surface area contributed by atoms with Gasteiger partial charge in [-0.25, -0.2) is 4.98 Å². The standard InChI is InChI=1S/C16H27N3OS/c1-11(2)9-16(7-5-6-8-16)14(20)19-15-18-13(10-21-15)12(3)17-4/h10-12,17H,5-9H2,1-4H3,(H,18,19,20). The summed E-state index contributed by atoms with van der Waals surface area (Å²) >= 11 is 1.51. The lowest BCUT2D eigenvalue weighted by Gasteiger charge is -2.29. The number of aromatic nitrogens is 1. The first-order valence-corrected chi connectivity index (χ1v) is 8.79. The molecule has 0 bridgehead atoms. The molecule has 21 heavy (non-hydrogen) atoms. The summed E-state index contributed by atoms with van der Waals surface area (Å²) < 4.78 is 0. The molecule has 1 aliphatic rings. The molecule has 1 unspecified atom stereocenters. The third-order valence-electron chi connectivity index (χ3n) is 4.46. The Morgan fingerprint density at radius 2 is 2.05 bits per heavy atom. The van der Waals surface area contributed by atoms with Crippen LogP contribution in [0.2, 0.25) is 0 Å². The van der Waals surface area contributed by atoms with Gasteiger partial charge in [0.25, 0.3) is 0 Å². The van der Waals surface area contributed by atoms with Crippen LogP contribution >= 0.6 is 11.3 Å². The first-order chi connectivity index (χ1) is 9.97. The molecule has 1 saturated carbocycles. The molecular weight excluding hydrogens is 282 g/mol. The van der Waals surface area contributed by atoms with Crippen LogP contribution in [0.25, 0.3) is 0 Å². The van der Waals surface area contributed by atoms with Crippen LogP contribution in [0.3, 0.4) is 0 Å². The van der Waals surface area contributed by atoms with Crippen molar-refractivity contribution in [3.05, 3.63) is 11.1 Å². The van der Waals surface area contributed by atoms with Gasteiger partial charge in [0.05, 0.1) is 5.69 Å². The van der Waals surface area contributed by atoms with E-state index in [1.165, 1.54) is 24.2 Å². The zero-order chi connectivity index (χ0) is 15.5. The van der Waals surface area contributed by atoms with E-state index in [0.717, 1.165) is 30.1 Å². The van der Waals surface area contributed by atoms with E-state index in [-0.39, 0.29) is 17.4 Å². The summed E-state index contributed by atoms with van der Waals surface area (Å²) in [6, 6.07) is 0.211. The third kappa shape index (κ3) is 3.83. The largest absolute Gasteiger partial charge is 0.312 e. The summed E-state index contributed by atoms with van der Waals surface area (Å²) in [5, 5.41) is 8.98. The Labute approximate surface area is 131 Å². The second-order valence-corrected chi connectivity index (χ2v) is 7.49. The fourth-order valence-electron chi connectivity index (χ4n) is 3.28. The minimum atomic E-state index is -0.172. The molecule has 1 aromatic heterocycles. The Kier molecular flexibility index (Phi) is 5.38. The van der Waals surface area contributed by atoms with E-state index in [0.29, 0.717) is 5.92 Å². The van der Waals surface area contributed by atoms with E-state index in [9.17, 15) is 4.79 Å². The summed E-state index contributed by atoms with van der Waals surface area (Å²) in [5.41, 5.74) is 0.816. The Bertz CT molecular complexity index is 478. The Balaban J connectivity index is 2.07. The maximum absolute atomic E-state index is 12.8. The van der Waals surface area contributed by atoms with Crippen LogP contribution in [0, 0.1) is 11.3 Å². The van der Waals surface area contributed by atoms with Gasteiger partial charge in [-0.15, -0.1) is 11.3 Å². The van der Waals surface area contributed by atoms with Crippen molar-refractivity contribution in [1.29, 1.82) is 0 Å². The second-order valence-electron chi connectivity index (χ2n) is 6.63. The van der Waals surface area contributed by atoms with Crippen molar-refractivity contribution in [2.24, 2.45) is 11.3 Å². The number of carbonyl (C=O) groups excluding carboxylic acids is 1. The Morgan fingerprint density at radius 1 is 1.38 bits per heavy atom. The van der Waals surface area contributed by atoms with Gasteiger partial charge in [-0.3, -0.25) is 4.79 Å². The highest BCUT2D eigenvalue weighted by Crippen LogP contribution is 2.44. The van der Waals surface area contributed by atoms with Gasteiger partial charge in [0.1, 0.15) is 0 Å². The molecule has 1 amide bonds. The molecule has 2 N–H and O–H groups in total. The van der Waals surface area contributed by atoms with E-state index in [2.05, 4.69) is 36.4 Å². The summed E-state index contributed by atoms with van der Waals surface area (Å²) in [7, 11) is 1.92. The van der Waals surface area contributed by atoms with E-state index >= 15 is 0 Å². The smallest absolute Gasteiger partial charge is 0.232 e. The van der Waals surface area contributed by atoms with Crippen LogP contribution in [0.15, 0.2) is 5.38 Å². The predicted molar refractivity (Wildman–Crippen MR) is 88.6 cm³/mol. The van der Waals surface area contributed by atoms with Crippen molar-refractivity contribution >= 4 is 22.4 Å². The summed E-state index contributed by atoms with van der Waals surface area (Å²) in [5.74, 6) is 0.719. The first-order valence-electron chi connectivity index (χ1n) is 7.91. The normalized spacial score (nSPS) is 18.9. The molecule has 4 nitrogen and oxygen atoms in total. The molecule has 0 aromatic carbocycles. The van der Waals surface area contributed by atoms with Crippen molar-refractivity contribution in [2.45, 2.75) is 58.9 Å². The molecule has 1 atom stereocenters. The molecule has 0 saturated heterocycles. The van der Waals surface area contributed by atoms with Crippen molar-refractivity contribution < 1.29 is 4.79 Å². The van der Waals surface area contributed by atoms with Crippen LogP contribution in [-0.4, -0.2) is 17.9 Å². The van der Waals surface area contributed by atoms with Crippen LogP contribution in [0.4, 0.5) is 5.13 Å². The third-order valence-corrected chi connectivity index (χ3v) is 5.24. The number of hydrogen-bond donors (Lipinski definition) is 2. The molecule has 2 rings (SSSR count). The molecule has 118 valence electrons. The SMILES string of the molecule is CNC(C)c1csc(NC(=O)C2(CC(C)C)CCCC2)n1. The van der Waals surface area contributed by atoms with E-state index in [1.807, 2.05) is 12.4 Å². The lowest BCUT2D eigenvalue weighted by atomic mass is 9.78. The molecule has 1 aliphatic carbocycles. The molecule has 1 fully saturated rings. The number of nitrogens with zero attached hydrogens (tertiary/aromatic N) is 1. The summed E-state index contributed by atoms with van der Waals surface area (Å²) in [4.78, 5) is 17.3. The highest BCUT2D eigenvalue weighted by atomic mass is 32.1. The number of carbonyl (C=O) groups is 1. The molecule has 1 aromatic rings. The molecule has 0 aliphatic heterocycles. The molecular formula is C16H27N3OS. The van der Waals surface area contributed by atoms with Crippen molar-refractivity contribution in [3.63, 3.8) is 0 Å². The predicted octanol–water partition coefficient (Wildman–Crippen LogP) is 3.97. The van der Waals surface area contributed by atoms with Crippen LogP contribution in [-0.2, 0) is 4.79 Å². The van der Waals surface area contributed by atoms with Gasteiger partial charge in [0.2, 0.25) is 5.91 Å². The van der Waals surface area contributed by atoms with Gasteiger partial charge < -0.3 is 10.6 Å². The van der Waals surface area contributed by atoms with Crippen molar-refractivity contribution in [3.8, 4) is 0 Å². The lowest BCUT2D eigenvalue weighted by molar-refractivity contribution is -0.126. The first kappa shape index (κ1) is 16.4. The Morgan fingerprint density at radius 3 is 2.62 bits per heavy atom. The summed E-state index contributed by atoms with van der Waals surface area (Å²) in [6.07, 6.45) is 5.34. The quantitative estimate of drug-likeness (QED) is 0.836. The highest BCUT2D eigenvalue weighted by Gasteiger charge is 2.41. The van der Waals surface area contributed by atoms with Crippen molar-refractivity contribution in [1.82, 2.24) is 10.3 Å². The van der Waals surface area contributed by atoms with E-state index in [4.69, 9.17) is 0 Å². The van der Waals surface area contributed by atoms with Gasteiger partial charge >= 0.3 is 0 Å². The second kappa shape index (κ2) is 6.88.